The van der Waals surface area contributed by atoms with Gasteiger partial charge < -0.3 is 23.7 Å². The van der Waals surface area contributed by atoms with E-state index < -0.39 is 5.79 Å². The second-order valence-electron chi connectivity index (χ2n) is 11.2. The van der Waals surface area contributed by atoms with Crippen LogP contribution in [0.5, 0.6) is 0 Å². The fraction of sp³-hybridized carbons (Fsp3) is 0.815. The zero-order valence-electron chi connectivity index (χ0n) is 20.1. The molecule has 0 N–H and O–H groups in total. The van der Waals surface area contributed by atoms with E-state index in [0.29, 0.717) is 37.6 Å². The standard InChI is InChI=1S/C27H38O6/c1-3-29-23(28)8-10-25-12-13-26(30-14-15-31-26)18-19(25)4-5-20-21-7-11-27(32-16-17-33-27)24(21,2)9-6-22(20)25/h4,8,10,20-22H,3,5-7,9,11-18H2,1-2H3/b10-8+/t20-,21-,22-,24-,25-/m0/s1. The van der Waals surface area contributed by atoms with Gasteiger partial charge in [0.25, 0.3) is 0 Å². The number of carbonyl (C=O) groups excluding carboxylic acids is 1. The summed E-state index contributed by atoms with van der Waals surface area (Å²) in [6.45, 7) is 7.46. The molecule has 2 heterocycles. The molecule has 5 fully saturated rings. The van der Waals surface area contributed by atoms with Gasteiger partial charge in [0, 0.05) is 36.2 Å². The number of hydrogen-bond acceptors (Lipinski definition) is 6. The summed E-state index contributed by atoms with van der Waals surface area (Å²) in [6, 6.07) is 0. The summed E-state index contributed by atoms with van der Waals surface area (Å²) in [4.78, 5) is 12.4. The minimum absolute atomic E-state index is 0.0651. The minimum atomic E-state index is -0.466. The van der Waals surface area contributed by atoms with Gasteiger partial charge in [0.2, 0.25) is 0 Å². The summed E-state index contributed by atoms with van der Waals surface area (Å²) in [5.41, 5.74) is 1.35. The molecule has 0 amide bonds. The molecule has 2 aliphatic heterocycles. The molecule has 6 nitrogen and oxygen atoms in total. The van der Waals surface area contributed by atoms with Gasteiger partial charge in [0.05, 0.1) is 33.0 Å². The molecule has 0 bridgehead atoms. The highest BCUT2D eigenvalue weighted by Crippen LogP contribution is 2.69. The molecule has 4 aliphatic carbocycles. The molecule has 0 aromatic carbocycles. The van der Waals surface area contributed by atoms with Crippen molar-refractivity contribution in [2.24, 2.45) is 28.6 Å². The predicted octanol–water partition coefficient (Wildman–Crippen LogP) is 4.53. The van der Waals surface area contributed by atoms with E-state index in [4.69, 9.17) is 23.7 Å². The fourth-order valence-corrected chi connectivity index (χ4v) is 8.67. The number of hydrogen-bond donors (Lipinski definition) is 0. The largest absolute Gasteiger partial charge is 0.463 e. The Hall–Kier alpha value is -1.21. The van der Waals surface area contributed by atoms with E-state index in [1.807, 2.05) is 6.92 Å². The van der Waals surface area contributed by atoms with Crippen molar-refractivity contribution in [3.05, 3.63) is 23.8 Å². The van der Waals surface area contributed by atoms with Crippen molar-refractivity contribution in [3.8, 4) is 0 Å². The summed E-state index contributed by atoms with van der Waals surface area (Å²) in [7, 11) is 0. The Morgan fingerprint density at radius 1 is 1.03 bits per heavy atom. The van der Waals surface area contributed by atoms with Crippen molar-refractivity contribution in [3.63, 3.8) is 0 Å². The van der Waals surface area contributed by atoms with Crippen molar-refractivity contribution >= 4 is 5.97 Å². The van der Waals surface area contributed by atoms with Crippen LogP contribution in [0.1, 0.15) is 65.2 Å². The van der Waals surface area contributed by atoms with Crippen LogP contribution in [-0.4, -0.2) is 50.6 Å². The third kappa shape index (κ3) is 3.17. The Kier molecular flexibility index (Phi) is 5.33. The lowest BCUT2D eigenvalue weighted by Gasteiger charge is -2.59. The van der Waals surface area contributed by atoms with Crippen molar-refractivity contribution < 1.29 is 28.5 Å². The average molecular weight is 459 g/mol. The highest BCUT2D eigenvalue weighted by atomic mass is 16.7. The first-order valence-electron chi connectivity index (χ1n) is 13.1. The van der Waals surface area contributed by atoms with Gasteiger partial charge in [-0.1, -0.05) is 24.6 Å². The number of allylic oxidation sites excluding steroid dienone is 2. The lowest BCUT2D eigenvalue weighted by molar-refractivity contribution is -0.243. The molecule has 5 atom stereocenters. The highest BCUT2D eigenvalue weighted by Gasteiger charge is 2.67. The summed E-state index contributed by atoms with van der Waals surface area (Å²) < 4.78 is 30.1. The minimum Gasteiger partial charge on any atom is -0.463 e. The third-order valence-corrected chi connectivity index (χ3v) is 10.1. The number of carbonyl (C=O) groups is 1. The molecule has 0 aromatic heterocycles. The molecule has 2 saturated heterocycles. The molecule has 33 heavy (non-hydrogen) atoms. The fourth-order valence-electron chi connectivity index (χ4n) is 8.67. The zero-order valence-corrected chi connectivity index (χ0v) is 20.1. The van der Waals surface area contributed by atoms with Gasteiger partial charge in [-0.05, 0) is 56.8 Å². The lowest BCUT2D eigenvalue weighted by atomic mass is 9.47. The van der Waals surface area contributed by atoms with E-state index in [-0.39, 0.29) is 22.6 Å². The van der Waals surface area contributed by atoms with Crippen molar-refractivity contribution in [1.82, 2.24) is 0 Å². The van der Waals surface area contributed by atoms with Crippen LogP contribution < -0.4 is 0 Å². The maximum Gasteiger partial charge on any atom is 0.330 e. The first kappa shape index (κ1) is 22.3. The normalized spacial score (nSPS) is 42.8. The molecule has 3 saturated carbocycles. The van der Waals surface area contributed by atoms with Gasteiger partial charge in [0.1, 0.15) is 0 Å². The second kappa shape index (κ2) is 7.91. The first-order valence-corrected chi connectivity index (χ1v) is 13.1. The number of esters is 1. The van der Waals surface area contributed by atoms with E-state index in [0.717, 1.165) is 64.6 Å². The smallest absolute Gasteiger partial charge is 0.330 e. The quantitative estimate of drug-likeness (QED) is 0.352. The van der Waals surface area contributed by atoms with E-state index >= 15 is 0 Å². The Bertz CT molecular complexity index is 851. The monoisotopic (exact) mass is 458 g/mol. The summed E-state index contributed by atoms with van der Waals surface area (Å²) in [5, 5.41) is 0. The van der Waals surface area contributed by atoms with Crippen LogP contribution in [0.2, 0.25) is 0 Å². The SMILES string of the molecule is CCOC(=O)/C=C/[C@]12CCC3(CC1=CC[C@@H]1[C@@H]2CC[C@@]2(C)[C@H]1CCC21OCCO1)OCCO3. The van der Waals surface area contributed by atoms with Crippen molar-refractivity contribution in [2.75, 3.05) is 33.0 Å². The molecule has 182 valence electrons. The van der Waals surface area contributed by atoms with E-state index in [1.54, 1.807) is 6.08 Å². The van der Waals surface area contributed by atoms with Gasteiger partial charge >= 0.3 is 5.97 Å². The highest BCUT2D eigenvalue weighted by molar-refractivity contribution is 5.82. The van der Waals surface area contributed by atoms with Gasteiger partial charge in [-0.2, -0.15) is 0 Å². The van der Waals surface area contributed by atoms with Crippen LogP contribution in [-0.2, 0) is 28.5 Å². The lowest BCUT2D eigenvalue weighted by Crippen LogP contribution is -2.56. The molecule has 6 aliphatic rings. The molecule has 0 radical (unpaired) electrons. The van der Waals surface area contributed by atoms with Gasteiger partial charge in [-0.25, -0.2) is 4.79 Å². The van der Waals surface area contributed by atoms with Crippen LogP contribution in [0, 0.1) is 28.6 Å². The molecular weight excluding hydrogens is 420 g/mol. The molecule has 6 heteroatoms. The maximum atomic E-state index is 12.4. The first-order chi connectivity index (χ1) is 16.0. The van der Waals surface area contributed by atoms with Crippen molar-refractivity contribution in [1.29, 1.82) is 0 Å². The van der Waals surface area contributed by atoms with Crippen LogP contribution in [0.25, 0.3) is 0 Å². The summed E-state index contributed by atoms with van der Waals surface area (Å²) >= 11 is 0. The van der Waals surface area contributed by atoms with E-state index in [9.17, 15) is 4.79 Å². The molecule has 0 aromatic rings. The number of ether oxygens (including phenoxy) is 5. The third-order valence-electron chi connectivity index (χ3n) is 10.1. The zero-order chi connectivity index (χ0) is 22.7. The van der Waals surface area contributed by atoms with Gasteiger partial charge in [0.15, 0.2) is 11.6 Å². The van der Waals surface area contributed by atoms with Gasteiger partial charge in [-0.3, -0.25) is 0 Å². The van der Waals surface area contributed by atoms with Crippen LogP contribution in [0.4, 0.5) is 0 Å². The predicted molar refractivity (Wildman–Crippen MR) is 121 cm³/mol. The second-order valence-corrected chi connectivity index (χ2v) is 11.2. The molecule has 6 rings (SSSR count). The Morgan fingerprint density at radius 3 is 2.52 bits per heavy atom. The summed E-state index contributed by atoms with van der Waals surface area (Å²) in [6.07, 6.45) is 14.5. The molecule has 2 spiro atoms. The van der Waals surface area contributed by atoms with E-state index in [2.05, 4.69) is 19.1 Å². The van der Waals surface area contributed by atoms with Crippen LogP contribution in [0.15, 0.2) is 23.8 Å². The Balaban J connectivity index is 1.35. The average Bonchev–Trinajstić information content (AvgIpc) is 3.54. The maximum absolute atomic E-state index is 12.4. The van der Waals surface area contributed by atoms with E-state index in [1.165, 1.54) is 5.57 Å². The van der Waals surface area contributed by atoms with Gasteiger partial charge in [-0.15, -0.1) is 0 Å². The topological polar surface area (TPSA) is 63.2 Å². The molecule has 0 unspecified atom stereocenters. The van der Waals surface area contributed by atoms with Crippen molar-refractivity contribution in [2.45, 2.75) is 76.8 Å². The molecular formula is C27H38O6. The Morgan fingerprint density at radius 2 is 1.76 bits per heavy atom. The van der Waals surface area contributed by atoms with Crippen LogP contribution in [0.3, 0.4) is 0 Å². The van der Waals surface area contributed by atoms with Crippen LogP contribution >= 0.6 is 0 Å². The number of rotatable bonds is 3. The Labute approximate surface area is 197 Å². The number of fused-ring (bicyclic) bond motifs is 6. The summed E-state index contributed by atoms with van der Waals surface area (Å²) in [5.74, 6) is 0.571.